The van der Waals surface area contributed by atoms with Crippen LogP contribution in [0.25, 0.3) is 0 Å². The van der Waals surface area contributed by atoms with Gasteiger partial charge in [-0.25, -0.2) is 0 Å². The Kier molecular flexibility index (Phi) is 3.52. The number of hydrogen-bond acceptors (Lipinski definition) is 4. The van der Waals surface area contributed by atoms with E-state index < -0.39 is 11.6 Å². The Balaban J connectivity index is 2.03. The molecule has 18 heavy (non-hydrogen) atoms. The van der Waals surface area contributed by atoms with E-state index in [2.05, 4.69) is 18.4 Å². The third kappa shape index (κ3) is 2.93. The maximum absolute atomic E-state index is 10.1. The van der Waals surface area contributed by atoms with E-state index in [0.29, 0.717) is 32.7 Å². The largest absolute Gasteiger partial charge is 0.378 e. The molecule has 0 aromatic rings. The topological polar surface area (TPSA) is 47.9 Å². The van der Waals surface area contributed by atoms with Crippen LogP contribution >= 0.6 is 0 Å². The highest BCUT2D eigenvalue weighted by atomic mass is 16.9. The summed E-state index contributed by atoms with van der Waals surface area (Å²) in [7, 11) is 0. The molecule has 1 atom stereocenters. The minimum atomic E-state index is -1.28. The number of aliphatic hydroxyl groups is 1. The summed E-state index contributed by atoms with van der Waals surface area (Å²) in [5, 5.41) is 10.1. The van der Waals surface area contributed by atoms with Crippen LogP contribution in [0.2, 0.25) is 0 Å². The standard InChI is InChI=1S/C14H20O4/c1-4-5-6-13(3,15)7-8-14-16-9-12(2,10-17-14)11-18-14/h4,15H,1,5-6,9-11H2,2-3H3. The fraction of sp³-hybridized carbons (Fsp3) is 0.714. The molecule has 3 saturated heterocycles. The molecule has 1 N–H and O–H groups in total. The molecule has 3 rings (SSSR count). The van der Waals surface area contributed by atoms with Crippen LogP contribution in [0.15, 0.2) is 12.7 Å². The van der Waals surface area contributed by atoms with Gasteiger partial charge in [-0.3, -0.25) is 0 Å². The van der Waals surface area contributed by atoms with Gasteiger partial charge in [-0.05, 0) is 25.7 Å². The predicted octanol–water partition coefficient (Wildman–Crippen LogP) is 1.44. The first-order chi connectivity index (χ1) is 8.39. The molecule has 4 nitrogen and oxygen atoms in total. The van der Waals surface area contributed by atoms with Gasteiger partial charge in [-0.2, -0.15) is 0 Å². The molecule has 0 amide bonds. The second-order valence-electron chi connectivity index (χ2n) is 5.58. The van der Waals surface area contributed by atoms with E-state index in [-0.39, 0.29) is 5.41 Å². The lowest BCUT2D eigenvalue weighted by Crippen LogP contribution is -2.58. The molecule has 3 aliphatic heterocycles. The SMILES string of the molecule is C=CCCC(C)(O)C#CC12OCC(C)(CO1)CO2. The zero-order chi connectivity index (χ0) is 13.3. The average molecular weight is 252 g/mol. The molecule has 2 bridgehead atoms. The lowest BCUT2D eigenvalue weighted by molar-refractivity contribution is -0.436. The van der Waals surface area contributed by atoms with E-state index in [4.69, 9.17) is 14.2 Å². The number of rotatable bonds is 3. The fourth-order valence-corrected chi connectivity index (χ4v) is 1.82. The number of fused-ring (bicyclic) bond motifs is 3. The molecule has 0 aliphatic carbocycles. The second-order valence-corrected chi connectivity index (χ2v) is 5.58. The Hall–Kier alpha value is -0.860. The molecule has 0 spiro atoms. The van der Waals surface area contributed by atoms with Gasteiger partial charge in [-0.15, -0.1) is 6.58 Å². The molecule has 3 heterocycles. The van der Waals surface area contributed by atoms with Crippen molar-refractivity contribution in [2.75, 3.05) is 19.8 Å². The highest BCUT2D eigenvalue weighted by Crippen LogP contribution is 2.37. The van der Waals surface area contributed by atoms with Gasteiger partial charge < -0.3 is 19.3 Å². The molecule has 1 unspecified atom stereocenters. The van der Waals surface area contributed by atoms with Crippen molar-refractivity contribution in [3.05, 3.63) is 12.7 Å². The predicted molar refractivity (Wildman–Crippen MR) is 66.5 cm³/mol. The average Bonchev–Trinajstić information content (AvgIpc) is 2.36. The van der Waals surface area contributed by atoms with E-state index in [1.54, 1.807) is 13.0 Å². The molecule has 0 radical (unpaired) electrons. The van der Waals surface area contributed by atoms with Crippen molar-refractivity contribution >= 4 is 0 Å². The molecule has 100 valence electrons. The van der Waals surface area contributed by atoms with E-state index in [0.717, 1.165) is 0 Å². The monoisotopic (exact) mass is 252 g/mol. The van der Waals surface area contributed by atoms with Crippen molar-refractivity contribution in [3.8, 4) is 11.8 Å². The first-order valence-corrected chi connectivity index (χ1v) is 6.18. The molecule has 0 saturated carbocycles. The first kappa shape index (κ1) is 13.6. The van der Waals surface area contributed by atoms with Gasteiger partial charge in [0.05, 0.1) is 19.8 Å². The molecule has 4 heteroatoms. The van der Waals surface area contributed by atoms with Crippen LogP contribution in [0.1, 0.15) is 26.7 Å². The summed E-state index contributed by atoms with van der Waals surface area (Å²) >= 11 is 0. The fourth-order valence-electron chi connectivity index (χ4n) is 1.82. The highest BCUT2D eigenvalue weighted by Gasteiger charge is 2.49. The Morgan fingerprint density at radius 1 is 1.33 bits per heavy atom. The summed E-state index contributed by atoms with van der Waals surface area (Å²) in [6.45, 7) is 9.03. The first-order valence-electron chi connectivity index (χ1n) is 6.18. The van der Waals surface area contributed by atoms with E-state index in [9.17, 15) is 5.11 Å². The van der Waals surface area contributed by atoms with Gasteiger partial charge in [0, 0.05) is 5.41 Å². The summed E-state index contributed by atoms with van der Waals surface area (Å²) in [6.07, 6.45) is 2.98. The molecule has 0 aromatic heterocycles. The van der Waals surface area contributed by atoms with E-state index in [1.165, 1.54) is 0 Å². The Morgan fingerprint density at radius 2 is 1.89 bits per heavy atom. The van der Waals surface area contributed by atoms with Crippen molar-refractivity contribution in [1.82, 2.24) is 0 Å². The molecular formula is C14H20O4. The minimum Gasteiger partial charge on any atom is -0.378 e. The quantitative estimate of drug-likeness (QED) is 0.610. The Morgan fingerprint density at radius 3 is 2.39 bits per heavy atom. The molecule has 3 fully saturated rings. The summed E-state index contributed by atoms with van der Waals surface area (Å²) < 4.78 is 16.6. The van der Waals surface area contributed by atoms with E-state index in [1.807, 2.05) is 6.92 Å². The van der Waals surface area contributed by atoms with Gasteiger partial charge in [0.2, 0.25) is 0 Å². The Bertz CT molecular complexity index is 364. The van der Waals surface area contributed by atoms with Gasteiger partial charge in [0.1, 0.15) is 5.60 Å². The number of hydrogen-bond donors (Lipinski definition) is 1. The van der Waals surface area contributed by atoms with Crippen LogP contribution in [-0.2, 0) is 14.2 Å². The normalized spacial score (nSPS) is 37.5. The molecule has 3 aliphatic rings. The number of allylic oxidation sites excluding steroid dienone is 1. The third-order valence-corrected chi connectivity index (χ3v) is 3.15. The maximum Gasteiger partial charge on any atom is 0.353 e. The third-order valence-electron chi connectivity index (χ3n) is 3.15. The van der Waals surface area contributed by atoms with Crippen molar-refractivity contribution in [2.24, 2.45) is 5.41 Å². The Labute approximate surface area is 108 Å². The van der Waals surface area contributed by atoms with Crippen molar-refractivity contribution < 1.29 is 19.3 Å². The maximum atomic E-state index is 10.1. The van der Waals surface area contributed by atoms with Gasteiger partial charge in [0.15, 0.2) is 0 Å². The lowest BCUT2D eigenvalue weighted by atomic mass is 9.92. The van der Waals surface area contributed by atoms with Crippen LogP contribution in [-0.4, -0.2) is 36.5 Å². The van der Waals surface area contributed by atoms with E-state index >= 15 is 0 Å². The van der Waals surface area contributed by atoms with Gasteiger partial charge in [0.25, 0.3) is 0 Å². The smallest absolute Gasteiger partial charge is 0.353 e. The zero-order valence-electron chi connectivity index (χ0n) is 11.0. The highest BCUT2D eigenvalue weighted by molar-refractivity contribution is 5.17. The van der Waals surface area contributed by atoms with Gasteiger partial charge in [-0.1, -0.05) is 18.9 Å². The van der Waals surface area contributed by atoms with Crippen LogP contribution in [0.4, 0.5) is 0 Å². The summed E-state index contributed by atoms with van der Waals surface area (Å²) in [4.78, 5) is 0. The van der Waals surface area contributed by atoms with Crippen molar-refractivity contribution in [3.63, 3.8) is 0 Å². The van der Waals surface area contributed by atoms with Crippen LogP contribution in [0.5, 0.6) is 0 Å². The van der Waals surface area contributed by atoms with Crippen LogP contribution < -0.4 is 0 Å². The number of ether oxygens (including phenoxy) is 3. The van der Waals surface area contributed by atoms with Crippen LogP contribution in [0, 0.1) is 17.3 Å². The van der Waals surface area contributed by atoms with Gasteiger partial charge >= 0.3 is 5.97 Å². The second kappa shape index (κ2) is 4.67. The van der Waals surface area contributed by atoms with Crippen molar-refractivity contribution in [1.29, 1.82) is 0 Å². The molecule has 0 aromatic carbocycles. The lowest BCUT2D eigenvalue weighted by Gasteiger charge is -2.47. The summed E-state index contributed by atoms with van der Waals surface area (Å²) in [6, 6.07) is 0. The summed E-state index contributed by atoms with van der Waals surface area (Å²) in [5.74, 6) is 4.28. The van der Waals surface area contributed by atoms with Crippen LogP contribution in [0.3, 0.4) is 0 Å². The zero-order valence-corrected chi connectivity index (χ0v) is 11.0. The molecular weight excluding hydrogens is 232 g/mol. The minimum absolute atomic E-state index is 0.0746. The summed E-state index contributed by atoms with van der Waals surface area (Å²) in [5.41, 5.74) is -1.16. The van der Waals surface area contributed by atoms with Crippen molar-refractivity contribution in [2.45, 2.75) is 38.3 Å².